The summed E-state index contributed by atoms with van der Waals surface area (Å²) >= 11 is 0. The molecule has 1 saturated carbocycles. The Morgan fingerprint density at radius 1 is 1.30 bits per heavy atom. The van der Waals surface area contributed by atoms with E-state index in [1.807, 2.05) is 19.1 Å². The first-order valence-electron chi connectivity index (χ1n) is 7.30. The van der Waals surface area contributed by atoms with Crippen LogP contribution in [0.3, 0.4) is 0 Å². The summed E-state index contributed by atoms with van der Waals surface area (Å²) in [5, 5.41) is 11.3. The molecular formula is C15H21N3O2. The van der Waals surface area contributed by atoms with Crippen LogP contribution in [0.1, 0.15) is 24.8 Å². The minimum Gasteiger partial charge on any atom is -0.365 e. The number of benzene rings is 1. The third-order valence-electron chi connectivity index (χ3n) is 4.76. The fourth-order valence-corrected chi connectivity index (χ4v) is 3.71. The molecule has 1 aromatic rings. The summed E-state index contributed by atoms with van der Waals surface area (Å²) in [6.45, 7) is 3.73. The molecule has 1 aromatic carbocycles. The van der Waals surface area contributed by atoms with Gasteiger partial charge in [0.05, 0.1) is 4.92 Å². The van der Waals surface area contributed by atoms with Crippen LogP contribution in [0.5, 0.6) is 0 Å². The number of nitro benzene ring substituents is 1. The van der Waals surface area contributed by atoms with Crippen molar-refractivity contribution in [1.29, 1.82) is 0 Å². The maximum absolute atomic E-state index is 11.3. The van der Waals surface area contributed by atoms with Gasteiger partial charge < -0.3 is 10.6 Å². The van der Waals surface area contributed by atoms with E-state index in [1.165, 1.54) is 0 Å². The molecule has 0 amide bonds. The summed E-state index contributed by atoms with van der Waals surface area (Å²) in [5.41, 5.74) is 7.97. The summed E-state index contributed by atoms with van der Waals surface area (Å²) < 4.78 is 0. The average molecular weight is 275 g/mol. The average Bonchev–Trinajstić information content (AvgIpc) is 2.81. The lowest BCUT2D eigenvalue weighted by atomic mass is 9.79. The standard InChI is InChI=1S/C15H21N3O2/c1-10-2-5-14(15(6-10)18(19)20)17-8-11-3-4-13(16)7-12(11)9-17/h2,5-6,11-13H,3-4,7-9,16H2,1H3/t11-,12+,13?/m1/s1. The second kappa shape index (κ2) is 5.05. The van der Waals surface area contributed by atoms with Crippen LogP contribution in [0.4, 0.5) is 11.4 Å². The van der Waals surface area contributed by atoms with Crippen LogP contribution in [-0.4, -0.2) is 24.1 Å². The highest BCUT2D eigenvalue weighted by molar-refractivity contribution is 5.65. The van der Waals surface area contributed by atoms with Gasteiger partial charge in [-0.25, -0.2) is 0 Å². The molecule has 1 aliphatic carbocycles. The highest BCUT2D eigenvalue weighted by Gasteiger charge is 2.38. The number of nitrogens with zero attached hydrogens (tertiary/aromatic N) is 2. The van der Waals surface area contributed by atoms with Crippen molar-refractivity contribution in [2.75, 3.05) is 18.0 Å². The van der Waals surface area contributed by atoms with Crippen molar-refractivity contribution in [3.05, 3.63) is 33.9 Å². The molecule has 20 heavy (non-hydrogen) atoms. The third kappa shape index (κ3) is 2.38. The highest BCUT2D eigenvalue weighted by Crippen LogP contribution is 2.40. The third-order valence-corrected chi connectivity index (χ3v) is 4.76. The lowest BCUT2D eigenvalue weighted by Gasteiger charge is -2.27. The van der Waals surface area contributed by atoms with Crippen molar-refractivity contribution >= 4 is 11.4 Å². The molecular weight excluding hydrogens is 254 g/mol. The number of rotatable bonds is 2. The van der Waals surface area contributed by atoms with Gasteiger partial charge in [0.2, 0.25) is 0 Å². The normalized spacial score (nSPS) is 29.3. The molecule has 3 atom stereocenters. The molecule has 108 valence electrons. The van der Waals surface area contributed by atoms with Crippen molar-refractivity contribution in [2.45, 2.75) is 32.2 Å². The minimum atomic E-state index is -0.268. The Labute approximate surface area is 118 Å². The van der Waals surface area contributed by atoms with E-state index >= 15 is 0 Å². The summed E-state index contributed by atoms with van der Waals surface area (Å²) in [7, 11) is 0. The van der Waals surface area contributed by atoms with Gasteiger partial charge in [-0.2, -0.15) is 0 Å². The number of aryl methyl sites for hydroxylation is 1. The number of hydrogen-bond acceptors (Lipinski definition) is 4. The van der Waals surface area contributed by atoms with Crippen LogP contribution >= 0.6 is 0 Å². The molecule has 5 nitrogen and oxygen atoms in total. The molecule has 0 spiro atoms. The largest absolute Gasteiger partial charge is 0.365 e. The van der Waals surface area contributed by atoms with E-state index in [-0.39, 0.29) is 10.6 Å². The molecule has 3 rings (SSSR count). The molecule has 1 saturated heterocycles. The SMILES string of the molecule is Cc1ccc(N2C[C@H]3CCC(N)C[C@H]3C2)c([N+](=O)[O-])c1. The van der Waals surface area contributed by atoms with Gasteiger partial charge in [-0.3, -0.25) is 10.1 Å². The smallest absolute Gasteiger partial charge is 0.292 e. The van der Waals surface area contributed by atoms with Gasteiger partial charge >= 0.3 is 0 Å². The molecule has 0 aromatic heterocycles. The van der Waals surface area contributed by atoms with Crippen LogP contribution in [0.15, 0.2) is 18.2 Å². The van der Waals surface area contributed by atoms with E-state index in [2.05, 4.69) is 4.90 Å². The van der Waals surface area contributed by atoms with Crippen molar-refractivity contribution in [1.82, 2.24) is 0 Å². The molecule has 0 bridgehead atoms. The second-order valence-electron chi connectivity index (χ2n) is 6.25. The lowest BCUT2D eigenvalue weighted by molar-refractivity contribution is -0.384. The molecule has 2 aliphatic rings. The summed E-state index contributed by atoms with van der Waals surface area (Å²) in [6, 6.07) is 5.83. The molecule has 0 radical (unpaired) electrons. The second-order valence-corrected chi connectivity index (χ2v) is 6.25. The van der Waals surface area contributed by atoms with Crippen molar-refractivity contribution in [2.24, 2.45) is 17.6 Å². The van der Waals surface area contributed by atoms with Gasteiger partial charge in [-0.1, -0.05) is 6.07 Å². The van der Waals surface area contributed by atoms with Gasteiger partial charge in [0.15, 0.2) is 0 Å². The monoisotopic (exact) mass is 275 g/mol. The first-order chi connectivity index (χ1) is 9.54. The summed E-state index contributed by atoms with van der Waals surface area (Å²) in [4.78, 5) is 13.2. The topological polar surface area (TPSA) is 72.4 Å². The van der Waals surface area contributed by atoms with Crippen molar-refractivity contribution in [3.63, 3.8) is 0 Å². The van der Waals surface area contributed by atoms with Gasteiger partial charge in [0.1, 0.15) is 5.69 Å². The van der Waals surface area contributed by atoms with Crippen LogP contribution < -0.4 is 10.6 Å². The van der Waals surface area contributed by atoms with Crippen molar-refractivity contribution < 1.29 is 4.92 Å². The van der Waals surface area contributed by atoms with Gasteiger partial charge in [0, 0.05) is 25.2 Å². The van der Waals surface area contributed by atoms with Crippen LogP contribution in [-0.2, 0) is 0 Å². The van der Waals surface area contributed by atoms with E-state index in [1.54, 1.807) is 6.07 Å². The number of nitro groups is 1. The maximum Gasteiger partial charge on any atom is 0.292 e. The van der Waals surface area contributed by atoms with Gasteiger partial charge in [-0.05, 0) is 49.7 Å². The highest BCUT2D eigenvalue weighted by atomic mass is 16.6. The number of fused-ring (bicyclic) bond motifs is 1. The van der Waals surface area contributed by atoms with Crippen LogP contribution in [0.25, 0.3) is 0 Å². The van der Waals surface area contributed by atoms with E-state index in [9.17, 15) is 10.1 Å². The number of hydrogen-bond donors (Lipinski definition) is 1. The van der Waals surface area contributed by atoms with E-state index < -0.39 is 0 Å². The Morgan fingerprint density at radius 3 is 2.80 bits per heavy atom. The predicted molar refractivity (Wildman–Crippen MR) is 78.9 cm³/mol. The molecule has 1 heterocycles. The van der Waals surface area contributed by atoms with Gasteiger partial charge in [-0.15, -0.1) is 0 Å². The Balaban J connectivity index is 1.86. The van der Waals surface area contributed by atoms with E-state index in [0.29, 0.717) is 17.9 Å². The number of anilines is 1. The van der Waals surface area contributed by atoms with Crippen LogP contribution in [0, 0.1) is 28.9 Å². The minimum absolute atomic E-state index is 0.230. The zero-order valence-electron chi connectivity index (χ0n) is 11.8. The zero-order valence-corrected chi connectivity index (χ0v) is 11.8. The molecule has 5 heteroatoms. The summed E-state index contributed by atoms with van der Waals surface area (Å²) in [6.07, 6.45) is 3.30. The lowest BCUT2D eigenvalue weighted by Crippen LogP contribution is -2.32. The first kappa shape index (κ1) is 13.4. The van der Waals surface area contributed by atoms with Crippen molar-refractivity contribution in [3.8, 4) is 0 Å². The Hall–Kier alpha value is -1.62. The first-order valence-corrected chi connectivity index (χ1v) is 7.30. The molecule has 2 N–H and O–H groups in total. The summed E-state index contributed by atoms with van der Waals surface area (Å²) in [5.74, 6) is 1.25. The zero-order chi connectivity index (χ0) is 14.3. The van der Waals surface area contributed by atoms with E-state index in [0.717, 1.165) is 43.6 Å². The maximum atomic E-state index is 11.3. The number of nitrogens with two attached hydrogens (primary N) is 1. The van der Waals surface area contributed by atoms with Crippen LogP contribution in [0.2, 0.25) is 0 Å². The van der Waals surface area contributed by atoms with E-state index in [4.69, 9.17) is 5.73 Å². The predicted octanol–water partition coefficient (Wildman–Crippen LogP) is 2.47. The molecule has 1 unspecified atom stereocenters. The Bertz CT molecular complexity index is 532. The quantitative estimate of drug-likeness (QED) is 0.664. The fourth-order valence-electron chi connectivity index (χ4n) is 3.71. The molecule has 1 aliphatic heterocycles. The Kier molecular flexibility index (Phi) is 3.38. The fraction of sp³-hybridized carbons (Fsp3) is 0.600. The Morgan fingerprint density at radius 2 is 2.05 bits per heavy atom. The van der Waals surface area contributed by atoms with Gasteiger partial charge in [0.25, 0.3) is 5.69 Å². The molecule has 2 fully saturated rings.